The molecular formula is C13H16BrN3. The number of hydrogen-bond acceptors (Lipinski definition) is 2. The molecule has 2 aromatic rings. The summed E-state index contributed by atoms with van der Waals surface area (Å²) >= 11 is 3.48. The number of nitrogens with two attached hydrogens (primary N) is 1. The van der Waals surface area contributed by atoms with Gasteiger partial charge in [0.25, 0.3) is 0 Å². The maximum absolute atomic E-state index is 5.94. The molecule has 0 radical (unpaired) electrons. The third kappa shape index (κ3) is 2.69. The number of halogens is 1. The minimum atomic E-state index is 0.568. The van der Waals surface area contributed by atoms with Crippen molar-refractivity contribution in [1.82, 2.24) is 10.2 Å². The summed E-state index contributed by atoms with van der Waals surface area (Å²) in [6, 6.07) is 8.12. The van der Waals surface area contributed by atoms with Gasteiger partial charge in [-0.3, -0.25) is 5.10 Å². The molecule has 0 unspecified atom stereocenters. The highest BCUT2D eigenvalue weighted by Crippen LogP contribution is 2.30. The number of rotatable bonds is 3. The Morgan fingerprint density at radius 2 is 2.18 bits per heavy atom. The van der Waals surface area contributed by atoms with E-state index in [0.29, 0.717) is 11.7 Å². The molecule has 0 aliphatic carbocycles. The van der Waals surface area contributed by atoms with Gasteiger partial charge in [0, 0.05) is 15.7 Å². The Morgan fingerprint density at radius 3 is 2.82 bits per heavy atom. The van der Waals surface area contributed by atoms with Crippen molar-refractivity contribution in [3.05, 3.63) is 34.4 Å². The van der Waals surface area contributed by atoms with Gasteiger partial charge < -0.3 is 5.73 Å². The lowest BCUT2D eigenvalue weighted by Crippen LogP contribution is -1.97. The predicted octanol–water partition coefficient (Wildman–Crippen LogP) is 3.62. The van der Waals surface area contributed by atoms with Crippen molar-refractivity contribution < 1.29 is 0 Å². The zero-order valence-electron chi connectivity index (χ0n) is 10.00. The number of aromatic nitrogens is 2. The van der Waals surface area contributed by atoms with Crippen LogP contribution in [0.4, 0.5) is 5.82 Å². The molecule has 3 N–H and O–H groups in total. The quantitative estimate of drug-likeness (QED) is 0.908. The standard InChI is InChI=1S/C13H16BrN3/c1-8(2)6-11-12(13(15)17-16-11)9-4-3-5-10(14)7-9/h3-5,7-8H,6H2,1-2H3,(H3,15,16,17). The van der Waals surface area contributed by atoms with Gasteiger partial charge in [-0.2, -0.15) is 5.10 Å². The number of benzene rings is 1. The average Bonchev–Trinajstić information content (AvgIpc) is 2.59. The third-order valence-electron chi connectivity index (χ3n) is 2.59. The van der Waals surface area contributed by atoms with E-state index in [1.165, 1.54) is 0 Å². The molecule has 2 rings (SSSR count). The Balaban J connectivity index is 2.47. The van der Waals surface area contributed by atoms with Gasteiger partial charge in [0.15, 0.2) is 5.82 Å². The Hall–Kier alpha value is -1.29. The highest BCUT2D eigenvalue weighted by molar-refractivity contribution is 9.10. The lowest BCUT2D eigenvalue weighted by Gasteiger charge is -2.07. The van der Waals surface area contributed by atoms with Gasteiger partial charge in [0.05, 0.1) is 0 Å². The third-order valence-corrected chi connectivity index (χ3v) is 3.09. The Labute approximate surface area is 110 Å². The Kier molecular flexibility index (Phi) is 3.52. The molecule has 1 aromatic heterocycles. The van der Waals surface area contributed by atoms with Gasteiger partial charge in [0.2, 0.25) is 0 Å². The highest BCUT2D eigenvalue weighted by atomic mass is 79.9. The van der Waals surface area contributed by atoms with E-state index in [9.17, 15) is 0 Å². The number of H-pyrrole nitrogens is 1. The summed E-state index contributed by atoms with van der Waals surface area (Å²) in [5, 5.41) is 7.15. The monoisotopic (exact) mass is 293 g/mol. The SMILES string of the molecule is CC(C)Cc1[nH]nc(N)c1-c1cccc(Br)c1. The van der Waals surface area contributed by atoms with Crippen LogP contribution in [-0.4, -0.2) is 10.2 Å². The molecular weight excluding hydrogens is 278 g/mol. The second kappa shape index (κ2) is 4.92. The zero-order valence-corrected chi connectivity index (χ0v) is 11.6. The number of nitrogens with zero attached hydrogens (tertiary/aromatic N) is 1. The molecule has 1 heterocycles. The van der Waals surface area contributed by atoms with Gasteiger partial charge in [-0.25, -0.2) is 0 Å². The molecule has 3 nitrogen and oxygen atoms in total. The van der Waals surface area contributed by atoms with Crippen LogP contribution in [0.5, 0.6) is 0 Å². The number of aromatic amines is 1. The Bertz CT molecular complexity index is 517. The van der Waals surface area contributed by atoms with Crippen LogP contribution in [0.3, 0.4) is 0 Å². The largest absolute Gasteiger partial charge is 0.382 e. The summed E-state index contributed by atoms with van der Waals surface area (Å²) in [6.07, 6.45) is 0.950. The van der Waals surface area contributed by atoms with Crippen LogP contribution in [0, 0.1) is 5.92 Å². The fourth-order valence-corrected chi connectivity index (χ4v) is 2.32. The summed E-state index contributed by atoms with van der Waals surface area (Å²) in [6.45, 7) is 4.36. The van der Waals surface area contributed by atoms with E-state index in [2.05, 4.69) is 52.1 Å². The highest BCUT2D eigenvalue weighted by Gasteiger charge is 2.14. The lowest BCUT2D eigenvalue weighted by atomic mass is 10.00. The summed E-state index contributed by atoms with van der Waals surface area (Å²) in [4.78, 5) is 0. The minimum absolute atomic E-state index is 0.568. The van der Waals surface area contributed by atoms with E-state index in [-0.39, 0.29) is 0 Å². The van der Waals surface area contributed by atoms with E-state index in [0.717, 1.165) is 27.7 Å². The van der Waals surface area contributed by atoms with Gasteiger partial charge >= 0.3 is 0 Å². The predicted molar refractivity (Wildman–Crippen MR) is 74.7 cm³/mol. The molecule has 1 aromatic carbocycles. The number of anilines is 1. The van der Waals surface area contributed by atoms with Crippen molar-refractivity contribution in [3.8, 4) is 11.1 Å². The van der Waals surface area contributed by atoms with E-state index in [1.807, 2.05) is 12.1 Å². The molecule has 90 valence electrons. The number of hydrogen-bond donors (Lipinski definition) is 2. The van der Waals surface area contributed by atoms with Crippen molar-refractivity contribution >= 4 is 21.7 Å². The molecule has 4 heteroatoms. The normalized spacial score (nSPS) is 11.1. The van der Waals surface area contributed by atoms with E-state index >= 15 is 0 Å². The van der Waals surface area contributed by atoms with E-state index < -0.39 is 0 Å². The smallest absolute Gasteiger partial charge is 0.153 e. The van der Waals surface area contributed by atoms with Crippen molar-refractivity contribution in [1.29, 1.82) is 0 Å². The van der Waals surface area contributed by atoms with Crippen molar-refractivity contribution in [2.45, 2.75) is 20.3 Å². The molecule has 0 spiro atoms. The zero-order chi connectivity index (χ0) is 12.4. The van der Waals surface area contributed by atoms with Crippen LogP contribution in [0.2, 0.25) is 0 Å². The van der Waals surface area contributed by atoms with Crippen LogP contribution < -0.4 is 5.73 Å². The van der Waals surface area contributed by atoms with Gasteiger partial charge in [-0.15, -0.1) is 0 Å². The second-order valence-electron chi connectivity index (χ2n) is 4.57. The van der Waals surface area contributed by atoms with Crippen LogP contribution in [0.15, 0.2) is 28.7 Å². The topological polar surface area (TPSA) is 54.7 Å². The number of nitrogens with one attached hydrogen (secondary N) is 1. The maximum atomic E-state index is 5.94. The molecule has 0 bridgehead atoms. The first-order valence-corrected chi connectivity index (χ1v) is 6.46. The van der Waals surface area contributed by atoms with Crippen LogP contribution in [0.25, 0.3) is 11.1 Å². The second-order valence-corrected chi connectivity index (χ2v) is 5.49. The number of nitrogen functional groups attached to an aromatic ring is 1. The molecule has 0 atom stereocenters. The first-order chi connectivity index (χ1) is 8.08. The summed E-state index contributed by atoms with van der Waals surface area (Å²) in [5.41, 5.74) is 9.17. The summed E-state index contributed by atoms with van der Waals surface area (Å²) in [5.74, 6) is 1.14. The van der Waals surface area contributed by atoms with Gasteiger partial charge in [-0.05, 0) is 30.0 Å². The molecule has 0 aliphatic rings. The van der Waals surface area contributed by atoms with E-state index in [1.54, 1.807) is 0 Å². The Morgan fingerprint density at radius 1 is 1.41 bits per heavy atom. The minimum Gasteiger partial charge on any atom is -0.382 e. The van der Waals surface area contributed by atoms with Gasteiger partial charge in [-0.1, -0.05) is 41.9 Å². The fraction of sp³-hybridized carbons (Fsp3) is 0.308. The first-order valence-electron chi connectivity index (χ1n) is 5.66. The summed E-state index contributed by atoms with van der Waals surface area (Å²) in [7, 11) is 0. The van der Waals surface area contributed by atoms with Crippen LogP contribution >= 0.6 is 15.9 Å². The van der Waals surface area contributed by atoms with E-state index in [4.69, 9.17) is 5.73 Å². The molecule has 0 saturated carbocycles. The van der Waals surface area contributed by atoms with Crippen molar-refractivity contribution in [3.63, 3.8) is 0 Å². The van der Waals surface area contributed by atoms with Crippen molar-refractivity contribution in [2.75, 3.05) is 5.73 Å². The molecule has 0 amide bonds. The summed E-state index contributed by atoms with van der Waals surface area (Å²) < 4.78 is 1.05. The molecule has 0 saturated heterocycles. The molecule has 17 heavy (non-hydrogen) atoms. The van der Waals surface area contributed by atoms with Crippen LogP contribution in [-0.2, 0) is 6.42 Å². The molecule has 0 fully saturated rings. The maximum Gasteiger partial charge on any atom is 0.153 e. The lowest BCUT2D eigenvalue weighted by molar-refractivity contribution is 0.634. The fourth-order valence-electron chi connectivity index (χ4n) is 1.92. The van der Waals surface area contributed by atoms with Gasteiger partial charge in [0.1, 0.15) is 0 Å². The molecule has 0 aliphatic heterocycles. The van der Waals surface area contributed by atoms with Crippen LogP contribution in [0.1, 0.15) is 19.5 Å². The average molecular weight is 294 g/mol. The van der Waals surface area contributed by atoms with Crippen molar-refractivity contribution in [2.24, 2.45) is 5.92 Å². The first kappa shape index (κ1) is 12.2.